The normalized spacial score (nSPS) is 15.1. The second-order valence-corrected chi connectivity index (χ2v) is 6.79. The van der Waals surface area contributed by atoms with Gasteiger partial charge in [0.15, 0.2) is 11.5 Å². The molecule has 1 saturated heterocycles. The van der Waals surface area contributed by atoms with Gasteiger partial charge in [-0.05, 0) is 43.6 Å². The van der Waals surface area contributed by atoms with Gasteiger partial charge in [-0.15, -0.1) is 0 Å². The van der Waals surface area contributed by atoms with E-state index < -0.39 is 0 Å². The van der Waals surface area contributed by atoms with Crippen LogP contribution in [0, 0.1) is 0 Å². The Kier molecular flexibility index (Phi) is 6.76. The molecule has 0 aliphatic carbocycles. The predicted octanol–water partition coefficient (Wildman–Crippen LogP) is 3.28. The molecular weight excluding hydrogens is 356 g/mol. The van der Waals surface area contributed by atoms with Crippen molar-refractivity contribution in [2.24, 2.45) is 0 Å². The highest BCUT2D eigenvalue weighted by Crippen LogP contribution is 2.38. The molecule has 150 valence electrons. The number of ether oxygens (including phenoxy) is 3. The third kappa shape index (κ3) is 4.39. The molecule has 0 unspecified atom stereocenters. The Morgan fingerprint density at radius 3 is 2.14 bits per heavy atom. The minimum Gasteiger partial charge on any atom is -0.493 e. The zero-order chi connectivity index (χ0) is 19.9. The predicted molar refractivity (Wildman–Crippen MR) is 108 cm³/mol. The lowest BCUT2D eigenvalue weighted by atomic mass is 10.1. The van der Waals surface area contributed by atoms with Crippen LogP contribution in [0.5, 0.6) is 17.2 Å². The van der Waals surface area contributed by atoms with Crippen molar-refractivity contribution < 1.29 is 19.0 Å². The number of hydrogen-bond acceptors (Lipinski definition) is 5. The topological polar surface area (TPSA) is 60.0 Å². The third-order valence-corrected chi connectivity index (χ3v) is 5.15. The fourth-order valence-corrected chi connectivity index (χ4v) is 3.69. The molecule has 1 aliphatic heterocycles. The van der Waals surface area contributed by atoms with Crippen molar-refractivity contribution in [1.29, 1.82) is 0 Å². The number of nitrogens with one attached hydrogen (secondary N) is 1. The van der Waals surface area contributed by atoms with Crippen LogP contribution in [0.1, 0.15) is 34.8 Å². The Balaban J connectivity index is 1.77. The van der Waals surface area contributed by atoms with Crippen molar-refractivity contribution >= 4 is 5.91 Å². The Labute approximate surface area is 166 Å². The van der Waals surface area contributed by atoms with Gasteiger partial charge in [0.05, 0.1) is 27.4 Å². The number of benzene rings is 2. The first-order valence-corrected chi connectivity index (χ1v) is 9.55. The number of amides is 1. The van der Waals surface area contributed by atoms with Crippen LogP contribution in [0.15, 0.2) is 42.5 Å². The fourth-order valence-electron chi connectivity index (χ4n) is 3.69. The molecule has 0 aromatic heterocycles. The Morgan fingerprint density at radius 2 is 1.61 bits per heavy atom. The summed E-state index contributed by atoms with van der Waals surface area (Å²) in [6.07, 6.45) is 2.40. The van der Waals surface area contributed by atoms with Crippen molar-refractivity contribution in [3.8, 4) is 17.2 Å². The Hall–Kier alpha value is -2.73. The fraction of sp³-hybridized carbons (Fsp3) is 0.409. The second kappa shape index (κ2) is 9.46. The molecule has 2 aromatic rings. The maximum absolute atomic E-state index is 12.8. The molecule has 3 rings (SSSR count). The maximum Gasteiger partial charge on any atom is 0.251 e. The number of methoxy groups -OCH3 is 3. The molecule has 1 aliphatic rings. The zero-order valence-corrected chi connectivity index (χ0v) is 16.7. The molecular formula is C22H28N2O4. The minimum atomic E-state index is -0.167. The van der Waals surface area contributed by atoms with Gasteiger partial charge in [-0.1, -0.05) is 30.3 Å². The van der Waals surface area contributed by atoms with Crippen molar-refractivity contribution in [3.05, 3.63) is 53.6 Å². The van der Waals surface area contributed by atoms with E-state index in [1.54, 1.807) is 19.2 Å². The molecule has 0 bridgehead atoms. The van der Waals surface area contributed by atoms with Gasteiger partial charge >= 0.3 is 0 Å². The highest BCUT2D eigenvalue weighted by atomic mass is 16.5. The summed E-state index contributed by atoms with van der Waals surface area (Å²) < 4.78 is 16.0. The Bertz CT molecular complexity index is 763. The average molecular weight is 384 g/mol. The molecule has 0 spiro atoms. The average Bonchev–Trinajstić information content (AvgIpc) is 3.27. The lowest BCUT2D eigenvalue weighted by Crippen LogP contribution is -2.36. The van der Waals surface area contributed by atoms with E-state index in [9.17, 15) is 4.79 Å². The van der Waals surface area contributed by atoms with Crippen LogP contribution in [-0.2, 0) is 0 Å². The van der Waals surface area contributed by atoms with Crippen LogP contribution < -0.4 is 19.5 Å². The number of nitrogens with zero attached hydrogens (tertiary/aromatic N) is 1. The number of carbonyl (C=O) groups excluding carboxylic acids is 1. The molecule has 1 amide bonds. The van der Waals surface area contributed by atoms with E-state index in [4.69, 9.17) is 14.2 Å². The largest absolute Gasteiger partial charge is 0.493 e. The molecule has 1 fully saturated rings. The standard InChI is InChI=1S/C22H28N2O4/c1-26-19-13-17(14-20(27-2)21(19)28-3)22(25)23-15-18(24-11-7-8-12-24)16-9-5-4-6-10-16/h4-6,9-10,13-14,18H,7-8,11-12,15H2,1-3H3,(H,23,25)/t18-/m1/s1. The quantitative estimate of drug-likeness (QED) is 0.757. The van der Waals surface area contributed by atoms with E-state index in [1.165, 1.54) is 32.6 Å². The van der Waals surface area contributed by atoms with Gasteiger partial charge in [-0.2, -0.15) is 0 Å². The van der Waals surface area contributed by atoms with Gasteiger partial charge in [-0.3, -0.25) is 9.69 Å². The summed E-state index contributed by atoms with van der Waals surface area (Å²) in [6.45, 7) is 2.65. The first-order valence-electron chi connectivity index (χ1n) is 9.55. The van der Waals surface area contributed by atoms with Crippen LogP contribution in [0.3, 0.4) is 0 Å². The van der Waals surface area contributed by atoms with Gasteiger partial charge < -0.3 is 19.5 Å². The summed E-state index contributed by atoms with van der Waals surface area (Å²) in [4.78, 5) is 15.3. The number of rotatable bonds is 8. The van der Waals surface area contributed by atoms with Crippen LogP contribution >= 0.6 is 0 Å². The van der Waals surface area contributed by atoms with Gasteiger partial charge in [0.1, 0.15) is 0 Å². The highest BCUT2D eigenvalue weighted by molar-refractivity contribution is 5.95. The summed E-state index contributed by atoms with van der Waals surface area (Å²) in [5.41, 5.74) is 1.69. The minimum absolute atomic E-state index is 0.162. The highest BCUT2D eigenvalue weighted by Gasteiger charge is 2.24. The summed E-state index contributed by atoms with van der Waals surface area (Å²) in [7, 11) is 4.62. The smallest absolute Gasteiger partial charge is 0.251 e. The number of carbonyl (C=O) groups is 1. The summed E-state index contributed by atoms with van der Waals surface area (Å²) >= 11 is 0. The first-order chi connectivity index (χ1) is 13.7. The van der Waals surface area contributed by atoms with E-state index in [0.29, 0.717) is 29.4 Å². The molecule has 0 radical (unpaired) electrons. The molecule has 28 heavy (non-hydrogen) atoms. The monoisotopic (exact) mass is 384 g/mol. The second-order valence-electron chi connectivity index (χ2n) is 6.79. The zero-order valence-electron chi connectivity index (χ0n) is 16.7. The lowest BCUT2D eigenvalue weighted by molar-refractivity contribution is 0.0937. The van der Waals surface area contributed by atoms with E-state index >= 15 is 0 Å². The van der Waals surface area contributed by atoms with E-state index in [2.05, 4.69) is 22.3 Å². The van der Waals surface area contributed by atoms with Gasteiger partial charge in [0.2, 0.25) is 5.75 Å². The van der Waals surface area contributed by atoms with Crippen molar-refractivity contribution in [2.45, 2.75) is 18.9 Å². The summed E-state index contributed by atoms with van der Waals surface area (Å²) in [5, 5.41) is 3.08. The lowest BCUT2D eigenvalue weighted by Gasteiger charge is -2.28. The maximum atomic E-state index is 12.8. The van der Waals surface area contributed by atoms with Crippen LogP contribution in [-0.4, -0.2) is 51.8 Å². The third-order valence-electron chi connectivity index (χ3n) is 5.15. The number of likely N-dealkylation sites (tertiary alicyclic amines) is 1. The summed E-state index contributed by atoms with van der Waals surface area (Å²) in [6, 6.07) is 13.8. The van der Waals surface area contributed by atoms with Gasteiger partial charge in [-0.25, -0.2) is 0 Å². The van der Waals surface area contributed by atoms with Gasteiger partial charge in [0, 0.05) is 12.1 Å². The molecule has 1 atom stereocenters. The van der Waals surface area contributed by atoms with E-state index in [1.807, 2.05) is 18.2 Å². The van der Waals surface area contributed by atoms with E-state index in [0.717, 1.165) is 13.1 Å². The van der Waals surface area contributed by atoms with Crippen molar-refractivity contribution in [1.82, 2.24) is 10.2 Å². The van der Waals surface area contributed by atoms with Crippen molar-refractivity contribution in [3.63, 3.8) is 0 Å². The molecule has 1 heterocycles. The number of hydrogen-bond donors (Lipinski definition) is 1. The van der Waals surface area contributed by atoms with Crippen LogP contribution in [0.4, 0.5) is 0 Å². The summed E-state index contributed by atoms with van der Waals surface area (Å²) in [5.74, 6) is 1.23. The molecule has 0 saturated carbocycles. The van der Waals surface area contributed by atoms with E-state index in [-0.39, 0.29) is 11.9 Å². The van der Waals surface area contributed by atoms with Crippen LogP contribution in [0.2, 0.25) is 0 Å². The molecule has 6 nitrogen and oxygen atoms in total. The molecule has 1 N–H and O–H groups in total. The first kappa shape index (κ1) is 20.0. The van der Waals surface area contributed by atoms with Crippen molar-refractivity contribution in [2.75, 3.05) is 41.0 Å². The Morgan fingerprint density at radius 1 is 1.00 bits per heavy atom. The molecule has 6 heteroatoms. The van der Waals surface area contributed by atoms with Gasteiger partial charge in [0.25, 0.3) is 5.91 Å². The SMILES string of the molecule is COc1cc(C(=O)NC[C@H](c2ccccc2)N2CCCC2)cc(OC)c1OC. The van der Waals surface area contributed by atoms with Crippen LogP contribution in [0.25, 0.3) is 0 Å². The molecule has 2 aromatic carbocycles.